The normalized spacial score (nSPS) is 13.8. The summed E-state index contributed by atoms with van der Waals surface area (Å²) in [5.74, 6) is -0.525. The van der Waals surface area contributed by atoms with E-state index in [4.69, 9.17) is 16.3 Å². The molecule has 1 aromatic carbocycles. The quantitative estimate of drug-likeness (QED) is 0.404. The number of benzene rings is 1. The molecule has 0 aliphatic rings. The van der Waals surface area contributed by atoms with E-state index >= 15 is 0 Å². The van der Waals surface area contributed by atoms with Gasteiger partial charge in [-0.25, -0.2) is 14.2 Å². The largest absolute Gasteiger partial charge is 0.598 e. The van der Waals surface area contributed by atoms with Crippen LogP contribution in [0.15, 0.2) is 24.4 Å². The minimum Gasteiger partial charge on any atom is -0.598 e. The molecule has 10 heteroatoms. The Morgan fingerprint density at radius 2 is 2.17 bits per heavy atom. The lowest BCUT2D eigenvalue weighted by Crippen LogP contribution is -2.41. The Hall–Kier alpha value is -1.39. The molecule has 0 radical (unpaired) electrons. The number of ether oxygens (including phenoxy) is 1. The van der Waals surface area contributed by atoms with Gasteiger partial charge in [-0.2, -0.15) is 0 Å². The van der Waals surface area contributed by atoms with Crippen LogP contribution in [0, 0.1) is 5.82 Å². The van der Waals surface area contributed by atoms with Crippen LogP contribution in [-0.4, -0.2) is 27.0 Å². The van der Waals surface area contributed by atoms with Gasteiger partial charge in [0.2, 0.25) is 0 Å². The average Bonchev–Trinajstić information content (AvgIpc) is 3.07. The SMILES string of the molecule is CCCCOC(=O)Nc1ncc(C(N[S+]([O-])C(C)(C)C)c2ccc(Cl)cc2F)s1. The van der Waals surface area contributed by atoms with Gasteiger partial charge in [0, 0.05) is 28.1 Å². The molecule has 1 heterocycles. The Kier molecular flexibility index (Phi) is 8.72. The van der Waals surface area contributed by atoms with Crippen LogP contribution in [0.2, 0.25) is 5.02 Å². The summed E-state index contributed by atoms with van der Waals surface area (Å²) in [5.41, 5.74) is 0.285. The van der Waals surface area contributed by atoms with E-state index in [1.54, 1.807) is 12.1 Å². The fourth-order valence-electron chi connectivity index (χ4n) is 2.20. The first-order valence-corrected chi connectivity index (χ1v) is 11.5. The number of carbonyl (C=O) groups excluding carboxylic acids is 1. The highest BCUT2D eigenvalue weighted by molar-refractivity contribution is 7.90. The molecule has 0 aliphatic heterocycles. The molecule has 0 saturated heterocycles. The van der Waals surface area contributed by atoms with Crippen LogP contribution in [0.5, 0.6) is 0 Å². The van der Waals surface area contributed by atoms with Crippen molar-refractivity contribution in [3.63, 3.8) is 0 Å². The molecule has 0 saturated carbocycles. The van der Waals surface area contributed by atoms with Gasteiger partial charge in [0.05, 0.1) is 11.5 Å². The van der Waals surface area contributed by atoms with Gasteiger partial charge in [-0.05, 0) is 39.3 Å². The molecule has 0 spiro atoms. The van der Waals surface area contributed by atoms with E-state index in [0.717, 1.165) is 24.2 Å². The number of thiazole rings is 1. The molecule has 0 aliphatic carbocycles. The fourth-order valence-corrected chi connectivity index (χ4v) is 4.13. The Balaban J connectivity index is 2.25. The summed E-state index contributed by atoms with van der Waals surface area (Å²) in [4.78, 5) is 16.6. The van der Waals surface area contributed by atoms with Crippen LogP contribution < -0.4 is 10.0 Å². The maximum absolute atomic E-state index is 14.6. The van der Waals surface area contributed by atoms with Crippen molar-refractivity contribution in [2.45, 2.75) is 51.3 Å². The zero-order valence-corrected chi connectivity index (χ0v) is 19.1. The lowest BCUT2D eigenvalue weighted by Gasteiger charge is -2.27. The van der Waals surface area contributed by atoms with E-state index in [2.05, 4.69) is 15.0 Å². The third-order valence-corrected chi connectivity index (χ3v) is 6.58. The highest BCUT2D eigenvalue weighted by Gasteiger charge is 2.32. The molecule has 29 heavy (non-hydrogen) atoms. The molecule has 2 atom stereocenters. The van der Waals surface area contributed by atoms with E-state index in [-0.39, 0.29) is 10.6 Å². The zero-order chi connectivity index (χ0) is 21.6. The number of unbranched alkanes of at least 4 members (excludes halogenated alkanes) is 1. The van der Waals surface area contributed by atoms with Crippen LogP contribution >= 0.6 is 22.9 Å². The monoisotopic (exact) mass is 461 g/mol. The van der Waals surface area contributed by atoms with E-state index in [9.17, 15) is 13.7 Å². The molecule has 0 bridgehead atoms. The number of aromatic nitrogens is 1. The number of rotatable bonds is 8. The minimum atomic E-state index is -1.47. The molecule has 160 valence electrons. The highest BCUT2D eigenvalue weighted by atomic mass is 35.5. The van der Waals surface area contributed by atoms with Gasteiger partial charge < -0.3 is 9.29 Å². The third-order valence-electron chi connectivity index (χ3n) is 3.80. The second-order valence-electron chi connectivity index (χ2n) is 7.28. The van der Waals surface area contributed by atoms with Crippen LogP contribution in [0.3, 0.4) is 0 Å². The predicted molar refractivity (Wildman–Crippen MR) is 116 cm³/mol. The molecule has 2 N–H and O–H groups in total. The first kappa shape index (κ1) is 23.9. The van der Waals surface area contributed by atoms with Crippen molar-refractivity contribution in [2.75, 3.05) is 11.9 Å². The van der Waals surface area contributed by atoms with Gasteiger partial charge in [0.15, 0.2) is 5.13 Å². The van der Waals surface area contributed by atoms with Crippen molar-refractivity contribution in [1.82, 2.24) is 9.71 Å². The van der Waals surface area contributed by atoms with E-state index in [1.807, 2.05) is 27.7 Å². The van der Waals surface area contributed by atoms with Gasteiger partial charge in [-0.1, -0.05) is 42.3 Å². The topological polar surface area (TPSA) is 86.3 Å². The first-order valence-electron chi connectivity index (χ1n) is 9.14. The van der Waals surface area contributed by atoms with Crippen molar-refractivity contribution in [3.05, 3.63) is 45.7 Å². The Bertz CT molecular complexity index is 829. The van der Waals surface area contributed by atoms with Crippen LogP contribution in [-0.2, 0) is 16.1 Å². The zero-order valence-electron chi connectivity index (χ0n) is 16.8. The summed E-state index contributed by atoms with van der Waals surface area (Å²) >= 11 is 5.55. The molecule has 2 unspecified atom stereocenters. The van der Waals surface area contributed by atoms with Crippen molar-refractivity contribution in [3.8, 4) is 0 Å². The third kappa shape index (κ3) is 7.11. The van der Waals surface area contributed by atoms with Crippen molar-refractivity contribution < 1.29 is 18.5 Å². The Morgan fingerprint density at radius 3 is 2.79 bits per heavy atom. The van der Waals surface area contributed by atoms with Crippen molar-refractivity contribution in [1.29, 1.82) is 0 Å². The molecule has 2 rings (SSSR count). The Labute approximate surface area is 182 Å². The number of carbonyl (C=O) groups is 1. The van der Waals surface area contributed by atoms with Crippen LogP contribution in [0.25, 0.3) is 0 Å². The van der Waals surface area contributed by atoms with Crippen molar-refractivity contribution >= 4 is 45.5 Å². The number of nitrogens with zero attached hydrogens (tertiary/aromatic N) is 1. The summed E-state index contributed by atoms with van der Waals surface area (Å²) in [5, 5.41) is 3.14. The number of anilines is 1. The summed E-state index contributed by atoms with van der Waals surface area (Å²) in [7, 11) is 0. The van der Waals surface area contributed by atoms with Crippen LogP contribution in [0.4, 0.5) is 14.3 Å². The molecule has 2 aromatic rings. The van der Waals surface area contributed by atoms with E-state index < -0.39 is 34.1 Å². The second-order valence-corrected chi connectivity index (χ2v) is 10.8. The molecule has 1 amide bonds. The lowest BCUT2D eigenvalue weighted by atomic mass is 10.1. The molecular weight excluding hydrogens is 437 g/mol. The van der Waals surface area contributed by atoms with Gasteiger partial charge >= 0.3 is 6.09 Å². The summed E-state index contributed by atoms with van der Waals surface area (Å²) in [6.45, 7) is 7.77. The number of nitrogens with one attached hydrogen (secondary N) is 2. The average molecular weight is 462 g/mol. The molecular formula is C19H25ClFN3O3S2. The van der Waals surface area contributed by atoms with Gasteiger partial charge in [-0.15, -0.1) is 4.72 Å². The number of amides is 1. The molecule has 0 fully saturated rings. The van der Waals surface area contributed by atoms with Crippen LogP contribution in [0.1, 0.15) is 57.0 Å². The van der Waals surface area contributed by atoms with Gasteiger partial charge in [-0.3, -0.25) is 5.32 Å². The lowest BCUT2D eigenvalue weighted by molar-refractivity contribution is 0.160. The summed E-state index contributed by atoms with van der Waals surface area (Å²) in [6.07, 6.45) is 2.61. The van der Waals surface area contributed by atoms with Gasteiger partial charge in [0.1, 0.15) is 16.6 Å². The maximum Gasteiger partial charge on any atom is 0.413 e. The van der Waals surface area contributed by atoms with E-state index in [1.165, 1.54) is 12.3 Å². The summed E-state index contributed by atoms with van der Waals surface area (Å²) in [6, 6.07) is 3.59. The number of halogens is 2. The number of hydrogen-bond donors (Lipinski definition) is 2. The maximum atomic E-state index is 14.6. The number of hydrogen-bond acceptors (Lipinski definition) is 6. The molecule has 6 nitrogen and oxygen atoms in total. The molecule has 1 aromatic heterocycles. The Morgan fingerprint density at radius 1 is 1.45 bits per heavy atom. The summed E-state index contributed by atoms with van der Waals surface area (Å²) < 4.78 is 34.7. The van der Waals surface area contributed by atoms with E-state index in [0.29, 0.717) is 16.6 Å². The fraction of sp³-hybridized carbons (Fsp3) is 0.474. The van der Waals surface area contributed by atoms with Gasteiger partial charge in [0.25, 0.3) is 0 Å². The smallest absolute Gasteiger partial charge is 0.413 e. The first-order chi connectivity index (χ1) is 13.6. The minimum absolute atomic E-state index is 0.267. The van der Waals surface area contributed by atoms with Crippen molar-refractivity contribution in [2.24, 2.45) is 0 Å². The predicted octanol–water partition coefficient (Wildman–Crippen LogP) is 5.43. The standard InChI is InChI=1S/C19H25ClFN3O3S2/c1-5-6-9-27-18(25)23-17-22-11-15(28-17)16(24-29(26)19(2,3)4)13-8-7-12(20)10-14(13)21/h7-8,10-11,16,24H,5-6,9H2,1-4H3,(H,22,23,25). The second kappa shape index (κ2) is 10.6. The highest BCUT2D eigenvalue weighted by Crippen LogP contribution is 2.33.